The summed E-state index contributed by atoms with van der Waals surface area (Å²) in [6.45, 7) is 0. The zero-order valence-corrected chi connectivity index (χ0v) is 5.60. The first-order chi connectivity index (χ1) is 1.00. The molecule has 0 N–H and O–H groups in total. The minimum Gasteiger partial charge on any atom is -0.107 e. The molecule has 0 rings (SSSR count). The van der Waals surface area contributed by atoms with Gasteiger partial charge in [-0.3, -0.25) is 0 Å². The molecule has 0 aliphatic carbocycles. The van der Waals surface area contributed by atoms with Crippen LogP contribution in [0.5, 0.6) is 0 Å². The normalized spacial score (nSPS) is 1.00. The molecule has 6 heavy (non-hydrogen) atoms. The summed E-state index contributed by atoms with van der Waals surface area (Å²) in [6, 6.07) is 0. The quantitative estimate of drug-likeness (QED) is 0.451. The number of hydrogen-bond donors (Lipinski definition) is 0. The molecule has 0 heterocycles. The molecule has 48 valence electrons. The van der Waals surface area contributed by atoms with Gasteiger partial charge in [-0.05, 0) is 8.59 Å². The van der Waals surface area contributed by atoms with Gasteiger partial charge in [0, 0.05) is 1.43 Å². The molecular weight excluding hydrogens is 229 g/mol. The lowest BCUT2D eigenvalue weighted by Crippen LogP contribution is -0.228. The fourth-order valence-corrected chi connectivity index (χ4v) is 0. The van der Waals surface area contributed by atoms with E-state index >= 15 is 0 Å². The van der Waals surface area contributed by atoms with Crippen molar-refractivity contribution in [2.75, 3.05) is 0 Å². The lowest BCUT2D eigenvalue weighted by atomic mass is 12.0. The molecule has 0 radical (unpaired) electrons. The van der Waals surface area contributed by atoms with Gasteiger partial charge in [-0.2, -0.15) is 0 Å². The first-order valence-electron chi connectivity index (χ1n) is 0.218. The summed E-state index contributed by atoms with van der Waals surface area (Å²) < 4.78 is 0. The van der Waals surface area contributed by atoms with E-state index in [9.17, 15) is 0 Å². The number of rotatable bonds is 0. The summed E-state index contributed by atoms with van der Waals surface area (Å²) in [5, 5.41) is 0. The van der Waals surface area contributed by atoms with Gasteiger partial charge in [0.1, 0.15) is 0 Å². The Bertz CT molecular complexity index is 14.9. The molecule has 0 bridgehead atoms. The fourth-order valence-electron chi connectivity index (χ4n) is 0. The second-order valence-electron chi connectivity index (χ2n) is 0. The van der Waals surface area contributed by atoms with E-state index in [1.165, 1.54) is 0 Å². The van der Waals surface area contributed by atoms with Crippen LogP contribution in [0.3, 0.4) is 0 Å². The molecule has 3 heteroatoms. The van der Waals surface area contributed by atoms with E-state index < -0.39 is 0 Å². The Labute approximate surface area is 67.5 Å². The summed E-state index contributed by atoms with van der Waals surface area (Å²) in [4.78, 5) is 0. The highest BCUT2D eigenvalue weighted by Crippen LogP contribution is 1.78. The van der Waals surface area contributed by atoms with Gasteiger partial charge in [0.15, 0.2) is 0 Å². The molecule has 0 saturated carbocycles. The summed E-state index contributed by atoms with van der Waals surface area (Å²) in [6.07, 6.45) is 0. The molecule has 0 aromatic rings. The van der Waals surface area contributed by atoms with Gasteiger partial charge in [0.2, 0.25) is 0 Å². The average Bonchev–Trinajstić information content (AvgIpc) is 1.00. The smallest absolute Gasteiger partial charge is 0 e. The van der Waals surface area contributed by atoms with Crippen LogP contribution in [0.4, 0.5) is 0 Å². The number of hydrogen-bond acceptors (Lipinski definition) is 0. The van der Waals surface area contributed by atoms with E-state index in [0.717, 1.165) is 0 Å². The third-order valence-corrected chi connectivity index (χ3v) is 0. The molecule has 0 spiro atoms. The molecular formula is C3H17ClIP. The van der Waals surface area contributed by atoms with Crippen LogP contribution in [-0.4, -0.2) is 0 Å². The minimum absolute atomic E-state index is 0. The van der Waals surface area contributed by atoms with Gasteiger partial charge >= 0.3 is 0 Å². The van der Waals surface area contributed by atoms with Crippen molar-refractivity contribution in [1.29, 1.82) is 0 Å². The molecule has 0 saturated heterocycles. The zero-order valence-electron chi connectivity index (χ0n) is 1.36. The average molecular weight is 248 g/mol. The highest BCUT2D eigenvalue weighted by atomic mass is 127. The highest BCUT2D eigenvalue weighted by Gasteiger charge is 0.929. The number of halogens is 2. The van der Waals surface area contributed by atoms with E-state index in [1.54, 1.807) is 0 Å². The monoisotopic (exact) mass is 247 g/mol. The predicted molar refractivity (Wildman–Crippen MR) is 53.3 cm³/mol. The van der Waals surface area contributed by atoms with Gasteiger partial charge in [-0.1, -0.05) is 22.3 Å². The zero-order chi connectivity index (χ0) is 2.00. The Kier molecular flexibility index (Phi) is 784. The Morgan fingerprint density at radius 3 is 1.00 bits per heavy atom. The van der Waals surface area contributed by atoms with E-state index in [-0.39, 0.29) is 47.7 Å². The summed E-state index contributed by atoms with van der Waals surface area (Å²) in [7, 11) is 1.89. The maximum atomic E-state index is 4.56. The third kappa shape index (κ3) is 51.3. The topological polar surface area (TPSA) is 0 Å². The van der Waals surface area contributed by atoms with Crippen LogP contribution in [-0.2, 0) is 0 Å². The molecule has 0 aliphatic rings. The Balaban J connectivity index is -0.000000000500. The van der Waals surface area contributed by atoms with E-state index in [2.05, 4.69) is 11.2 Å². The lowest BCUT2D eigenvalue weighted by Gasteiger charge is -1.07. The molecule has 1 atom stereocenters. The standard InChI is InChI=1S/3CH4.ClH2P.HI.H2/c;;;1-2;;/h3*1H4;2H2;2*1H/i;;;;;1+1. The van der Waals surface area contributed by atoms with Crippen LogP contribution >= 0.6 is 43.8 Å². The van der Waals surface area contributed by atoms with Crippen LogP contribution in [0, 0.1) is 0 Å². The van der Waals surface area contributed by atoms with Gasteiger partial charge in [-0.15, -0.1) is 35.2 Å². The molecule has 0 aromatic heterocycles. The second kappa shape index (κ2) is 91.1. The van der Waals surface area contributed by atoms with Gasteiger partial charge < -0.3 is 0 Å². The third-order valence-electron chi connectivity index (χ3n) is 0. The predicted octanol–water partition coefficient (Wildman–Crippen LogP) is 3.79. The van der Waals surface area contributed by atoms with Crippen LogP contribution in [0.2, 0.25) is 0 Å². The Morgan fingerprint density at radius 1 is 1.00 bits per heavy atom. The second-order valence-corrected chi connectivity index (χ2v) is 0. The van der Waals surface area contributed by atoms with Crippen LogP contribution in [0.1, 0.15) is 23.7 Å². The van der Waals surface area contributed by atoms with E-state index in [1.807, 2.05) is 8.59 Å². The van der Waals surface area contributed by atoms with Crippen LogP contribution < -0.4 is 0 Å². The SMILES string of the molecule is C.C.C.I.PCl.[2HH]. The van der Waals surface area contributed by atoms with Crippen molar-refractivity contribution in [2.24, 2.45) is 0 Å². The molecule has 0 nitrogen and oxygen atoms in total. The lowest BCUT2D eigenvalue weighted by molar-refractivity contribution is 2.50. The van der Waals surface area contributed by atoms with Crippen molar-refractivity contribution >= 4 is 43.8 Å². The molecule has 1 unspecified atom stereocenters. The van der Waals surface area contributed by atoms with Crippen molar-refractivity contribution in [3.63, 3.8) is 0 Å². The van der Waals surface area contributed by atoms with Crippen LogP contribution in [0.25, 0.3) is 0 Å². The summed E-state index contributed by atoms with van der Waals surface area (Å²) >= 11 is 4.56. The first-order valence-corrected chi connectivity index (χ1v) is 1.96. The maximum absolute atomic E-state index is 4.56. The van der Waals surface area contributed by atoms with E-state index in [0.29, 0.717) is 0 Å². The molecule has 0 aromatic carbocycles. The minimum atomic E-state index is 0. The molecule has 0 aliphatic heterocycles. The van der Waals surface area contributed by atoms with Crippen LogP contribution in [0.15, 0.2) is 0 Å². The fraction of sp³-hybridized carbons (Fsp3) is 1.00. The van der Waals surface area contributed by atoms with E-state index in [4.69, 9.17) is 0 Å². The van der Waals surface area contributed by atoms with Gasteiger partial charge in [0.25, 0.3) is 0 Å². The van der Waals surface area contributed by atoms with Crippen molar-refractivity contribution < 1.29 is 1.43 Å². The van der Waals surface area contributed by atoms with Gasteiger partial charge in [0.05, 0.1) is 0 Å². The van der Waals surface area contributed by atoms with Crippen molar-refractivity contribution in [3.05, 3.63) is 0 Å². The largest absolute Gasteiger partial charge is 0.107 e. The molecule has 0 amide bonds. The summed E-state index contributed by atoms with van der Waals surface area (Å²) in [5.41, 5.74) is 0. The molecule has 0 fully saturated rings. The van der Waals surface area contributed by atoms with Crippen molar-refractivity contribution in [3.8, 4) is 0 Å². The Hall–Kier alpha value is 1.45. The van der Waals surface area contributed by atoms with Crippen molar-refractivity contribution in [1.82, 2.24) is 0 Å². The van der Waals surface area contributed by atoms with Crippen molar-refractivity contribution in [2.45, 2.75) is 22.3 Å². The Morgan fingerprint density at radius 2 is 1.00 bits per heavy atom. The summed E-state index contributed by atoms with van der Waals surface area (Å²) in [5.74, 6) is 0. The highest BCUT2D eigenvalue weighted by molar-refractivity contribution is 14.0. The maximum Gasteiger partial charge on any atom is 0 e. The first kappa shape index (κ1) is 51.6. The van der Waals surface area contributed by atoms with Gasteiger partial charge in [-0.25, -0.2) is 0 Å².